The maximum atomic E-state index is 12.6. The lowest BCUT2D eigenvalue weighted by molar-refractivity contribution is 0.0962. The Bertz CT molecular complexity index is 982. The van der Waals surface area contributed by atoms with Gasteiger partial charge in [-0.2, -0.15) is 0 Å². The lowest BCUT2D eigenvalue weighted by Crippen LogP contribution is -2.28. The summed E-state index contributed by atoms with van der Waals surface area (Å²) in [5.74, 6) is -0.191. The summed E-state index contributed by atoms with van der Waals surface area (Å²) in [7, 11) is 0. The molecule has 0 atom stereocenters. The summed E-state index contributed by atoms with van der Waals surface area (Å²) in [5.41, 5.74) is 2.84. The molecule has 1 aliphatic heterocycles. The van der Waals surface area contributed by atoms with Crippen molar-refractivity contribution in [2.75, 3.05) is 16.8 Å². The Labute approximate surface area is 155 Å². The number of nitrogens with zero attached hydrogens (tertiary/aromatic N) is 1. The van der Waals surface area contributed by atoms with E-state index in [0.717, 1.165) is 17.7 Å². The summed E-state index contributed by atoms with van der Waals surface area (Å²) >= 11 is 6.08. The summed E-state index contributed by atoms with van der Waals surface area (Å²) < 4.78 is 5.21. The van der Waals surface area contributed by atoms with Crippen molar-refractivity contribution < 1.29 is 14.0 Å². The zero-order valence-corrected chi connectivity index (χ0v) is 14.5. The molecule has 0 fully saturated rings. The van der Waals surface area contributed by atoms with E-state index < -0.39 is 0 Å². The molecule has 1 aromatic heterocycles. The summed E-state index contributed by atoms with van der Waals surface area (Å²) in [5, 5.41) is 3.23. The first kappa shape index (κ1) is 16.4. The molecule has 1 N–H and O–H groups in total. The molecule has 2 heterocycles. The highest BCUT2D eigenvalue weighted by Crippen LogP contribution is 2.32. The molecule has 0 saturated carbocycles. The minimum absolute atomic E-state index is 0.191. The number of fused-ring (bicyclic) bond motifs is 1. The van der Waals surface area contributed by atoms with E-state index in [1.165, 1.54) is 6.26 Å². The standard InChI is InChI=1S/C20H15ClN2O3/c21-16-5-2-1-4-15(16)19(24)22-14-8-7-13-9-10-23(17(13)12-14)20(25)18-6-3-11-26-18/h1-8,11-12H,9-10H2,(H,22,24). The molecule has 0 unspecified atom stereocenters. The predicted octanol–water partition coefficient (Wildman–Crippen LogP) is 4.39. The van der Waals surface area contributed by atoms with Gasteiger partial charge in [-0.3, -0.25) is 9.59 Å². The van der Waals surface area contributed by atoms with Gasteiger partial charge in [0.1, 0.15) is 0 Å². The monoisotopic (exact) mass is 366 g/mol. The molecule has 6 heteroatoms. The van der Waals surface area contributed by atoms with Crippen molar-refractivity contribution in [3.8, 4) is 0 Å². The van der Waals surface area contributed by atoms with Crippen molar-refractivity contribution in [2.45, 2.75) is 6.42 Å². The number of carbonyl (C=O) groups excluding carboxylic acids is 2. The van der Waals surface area contributed by atoms with Gasteiger partial charge in [0, 0.05) is 17.9 Å². The van der Waals surface area contributed by atoms with Crippen LogP contribution in [0.3, 0.4) is 0 Å². The molecule has 26 heavy (non-hydrogen) atoms. The molecule has 0 bridgehead atoms. The molecule has 3 aromatic rings. The molecule has 0 radical (unpaired) electrons. The van der Waals surface area contributed by atoms with Crippen LogP contribution in [0, 0.1) is 0 Å². The van der Waals surface area contributed by atoms with Gasteiger partial charge in [0.15, 0.2) is 5.76 Å². The smallest absolute Gasteiger partial charge is 0.293 e. The second-order valence-corrected chi connectivity index (χ2v) is 6.37. The van der Waals surface area contributed by atoms with Gasteiger partial charge in [-0.25, -0.2) is 0 Å². The highest BCUT2D eigenvalue weighted by Gasteiger charge is 2.27. The Morgan fingerprint density at radius 3 is 2.69 bits per heavy atom. The van der Waals surface area contributed by atoms with Crippen LogP contribution in [0.25, 0.3) is 0 Å². The molecular formula is C20H15ClN2O3. The van der Waals surface area contributed by atoms with Crippen molar-refractivity contribution in [2.24, 2.45) is 0 Å². The Hall–Kier alpha value is -3.05. The number of furan rings is 1. The highest BCUT2D eigenvalue weighted by atomic mass is 35.5. The number of benzene rings is 2. The Balaban J connectivity index is 1.59. The zero-order chi connectivity index (χ0) is 18.1. The second-order valence-electron chi connectivity index (χ2n) is 5.96. The molecule has 0 aliphatic carbocycles. The third kappa shape index (κ3) is 2.97. The fraction of sp³-hybridized carbons (Fsp3) is 0.100. The predicted molar refractivity (Wildman–Crippen MR) is 99.9 cm³/mol. The maximum Gasteiger partial charge on any atom is 0.293 e. The molecule has 2 aromatic carbocycles. The number of anilines is 2. The van der Waals surface area contributed by atoms with Gasteiger partial charge in [0.05, 0.1) is 16.8 Å². The number of halogens is 1. The van der Waals surface area contributed by atoms with Gasteiger partial charge in [-0.05, 0) is 48.4 Å². The van der Waals surface area contributed by atoms with Crippen LogP contribution < -0.4 is 10.2 Å². The Kier molecular flexibility index (Phi) is 4.22. The van der Waals surface area contributed by atoms with E-state index in [-0.39, 0.29) is 11.8 Å². The summed E-state index contributed by atoms with van der Waals surface area (Å²) in [6.45, 7) is 0.580. The van der Waals surface area contributed by atoms with Crippen LogP contribution in [-0.2, 0) is 6.42 Å². The van der Waals surface area contributed by atoms with Gasteiger partial charge in [-0.15, -0.1) is 0 Å². The molecular weight excluding hydrogens is 352 g/mol. The van der Waals surface area contributed by atoms with Gasteiger partial charge >= 0.3 is 0 Å². The molecule has 1 aliphatic rings. The van der Waals surface area contributed by atoms with Gasteiger partial charge in [0.25, 0.3) is 11.8 Å². The fourth-order valence-corrected chi connectivity index (χ4v) is 3.27. The topological polar surface area (TPSA) is 62.6 Å². The van der Waals surface area contributed by atoms with E-state index in [0.29, 0.717) is 28.6 Å². The van der Waals surface area contributed by atoms with Crippen LogP contribution in [0.2, 0.25) is 5.02 Å². The molecule has 4 rings (SSSR count). The molecule has 130 valence electrons. The lowest BCUT2D eigenvalue weighted by Gasteiger charge is -2.17. The third-order valence-electron chi connectivity index (χ3n) is 4.33. The first-order valence-corrected chi connectivity index (χ1v) is 8.55. The van der Waals surface area contributed by atoms with E-state index in [1.807, 2.05) is 12.1 Å². The van der Waals surface area contributed by atoms with Crippen molar-refractivity contribution >= 4 is 34.8 Å². The minimum Gasteiger partial charge on any atom is -0.459 e. The van der Waals surface area contributed by atoms with Crippen LogP contribution in [-0.4, -0.2) is 18.4 Å². The zero-order valence-electron chi connectivity index (χ0n) is 13.7. The van der Waals surface area contributed by atoms with Crippen LogP contribution in [0.15, 0.2) is 65.3 Å². The van der Waals surface area contributed by atoms with E-state index in [2.05, 4.69) is 5.32 Å². The van der Waals surface area contributed by atoms with Crippen LogP contribution in [0.1, 0.15) is 26.5 Å². The number of hydrogen-bond donors (Lipinski definition) is 1. The first-order valence-electron chi connectivity index (χ1n) is 8.17. The number of amides is 2. The van der Waals surface area contributed by atoms with Crippen LogP contribution >= 0.6 is 11.6 Å². The number of nitrogens with one attached hydrogen (secondary N) is 1. The largest absolute Gasteiger partial charge is 0.459 e. The average Bonchev–Trinajstić information content (AvgIpc) is 3.31. The molecule has 0 spiro atoms. The van der Waals surface area contributed by atoms with E-state index in [1.54, 1.807) is 47.4 Å². The molecule has 0 saturated heterocycles. The molecule has 2 amide bonds. The highest BCUT2D eigenvalue weighted by molar-refractivity contribution is 6.34. The number of hydrogen-bond acceptors (Lipinski definition) is 3. The summed E-state index contributed by atoms with van der Waals surface area (Å²) in [4.78, 5) is 26.7. The number of carbonyl (C=O) groups is 2. The number of rotatable bonds is 3. The third-order valence-corrected chi connectivity index (χ3v) is 4.66. The van der Waals surface area contributed by atoms with E-state index >= 15 is 0 Å². The Morgan fingerprint density at radius 2 is 1.92 bits per heavy atom. The van der Waals surface area contributed by atoms with Crippen molar-refractivity contribution in [3.63, 3.8) is 0 Å². The second kappa shape index (κ2) is 6.69. The van der Waals surface area contributed by atoms with Crippen LogP contribution in [0.4, 0.5) is 11.4 Å². The summed E-state index contributed by atoms with van der Waals surface area (Å²) in [6.07, 6.45) is 2.24. The van der Waals surface area contributed by atoms with Gasteiger partial charge in [-0.1, -0.05) is 29.8 Å². The fourth-order valence-electron chi connectivity index (χ4n) is 3.04. The summed E-state index contributed by atoms with van der Waals surface area (Å²) in [6, 6.07) is 15.7. The molecule has 5 nitrogen and oxygen atoms in total. The lowest BCUT2D eigenvalue weighted by atomic mass is 10.1. The van der Waals surface area contributed by atoms with Crippen molar-refractivity contribution in [3.05, 3.63) is 82.8 Å². The van der Waals surface area contributed by atoms with Crippen molar-refractivity contribution in [1.82, 2.24) is 0 Å². The Morgan fingerprint density at radius 1 is 1.08 bits per heavy atom. The van der Waals surface area contributed by atoms with E-state index in [9.17, 15) is 9.59 Å². The minimum atomic E-state index is -0.294. The van der Waals surface area contributed by atoms with Crippen LogP contribution in [0.5, 0.6) is 0 Å². The first-order chi connectivity index (χ1) is 12.6. The quantitative estimate of drug-likeness (QED) is 0.747. The van der Waals surface area contributed by atoms with Crippen molar-refractivity contribution in [1.29, 1.82) is 0 Å². The van der Waals surface area contributed by atoms with Gasteiger partial charge in [0.2, 0.25) is 0 Å². The average molecular weight is 367 g/mol. The van der Waals surface area contributed by atoms with E-state index in [4.69, 9.17) is 16.0 Å². The van der Waals surface area contributed by atoms with Gasteiger partial charge < -0.3 is 14.6 Å². The maximum absolute atomic E-state index is 12.6. The normalized spacial score (nSPS) is 12.7. The SMILES string of the molecule is O=C(Nc1ccc2c(c1)N(C(=O)c1ccco1)CC2)c1ccccc1Cl.